The van der Waals surface area contributed by atoms with Crippen molar-refractivity contribution >= 4 is 22.5 Å². The Balaban J connectivity index is 1.46. The molecular formula is C27H35N5O. The molecule has 33 heavy (non-hydrogen) atoms. The zero-order valence-corrected chi connectivity index (χ0v) is 19.3. The summed E-state index contributed by atoms with van der Waals surface area (Å²) in [5, 5.41) is 11.2. The average molecular weight is 446 g/mol. The number of nitrogens with two attached hydrogens (primary N) is 1. The van der Waals surface area contributed by atoms with Crippen LogP contribution in [0.2, 0.25) is 0 Å². The molecule has 2 aromatic carbocycles. The van der Waals surface area contributed by atoms with Crippen LogP contribution in [-0.4, -0.2) is 43.6 Å². The SMILES string of the molecule is NCCCNC(=O)c1ccc(-c2cc(NCCCC3CCCNC3)c3ccccc3n2)cc1. The summed E-state index contributed by atoms with van der Waals surface area (Å²) < 4.78 is 0. The van der Waals surface area contributed by atoms with Crippen LogP contribution in [0.3, 0.4) is 0 Å². The molecule has 3 aromatic rings. The molecule has 0 bridgehead atoms. The number of nitrogens with zero attached hydrogens (tertiary/aromatic N) is 1. The van der Waals surface area contributed by atoms with E-state index < -0.39 is 0 Å². The molecule has 5 N–H and O–H groups in total. The normalized spacial score (nSPS) is 16.0. The number of carbonyl (C=O) groups excluding carboxylic acids is 1. The quantitative estimate of drug-likeness (QED) is 0.352. The number of piperidine rings is 1. The first-order chi connectivity index (χ1) is 16.2. The fourth-order valence-electron chi connectivity index (χ4n) is 4.45. The Morgan fingerprint density at radius 1 is 1.09 bits per heavy atom. The van der Waals surface area contributed by atoms with Crippen molar-refractivity contribution < 1.29 is 4.79 Å². The molecule has 0 saturated carbocycles. The number of rotatable bonds is 10. The number of para-hydroxylation sites is 1. The highest BCUT2D eigenvalue weighted by Crippen LogP contribution is 2.29. The van der Waals surface area contributed by atoms with E-state index in [2.05, 4.69) is 40.2 Å². The number of hydrogen-bond donors (Lipinski definition) is 4. The van der Waals surface area contributed by atoms with Gasteiger partial charge in [-0.25, -0.2) is 4.98 Å². The zero-order chi connectivity index (χ0) is 22.9. The molecule has 1 aliphatic rings. The fourth-order valence-corrected chi connectivity index (χ4v) is 4.45. The number of fused-ring (bicyclic) bond motifs is 1. The highest BCUT2D eigenvalue weighted by atomic mass is 16.1. The minimum Gasteiger partial charge on any atom is -0.384 e. The standard InChI is InChI=1S/C27H35N5O/c28-14-5-17-31-27(33)22-12-10-21(11-13-22)25-18-26(23-8-1-2-9-24(23)32-25)30-16-4-7-20-6-3-15-29-19-20/h1-2,8-13,18,20,29H,3-7,14-17,19,28H2,(H,30,32)(H,31,33). The van der Waals surface area contributed by atoms with Gasteiger partial charge >= 0.3 is 0 Å². The monoisotopic (exact) mass is 445 g/mol. The average Bonchev–Trinajstić information content (AvgIpc) is 2.87. The van der Waals surface area contributed by atoms with E-state index in [-0.39, 0.29) is 5.91 Å². The van der Waals surface area contributed by atoms with Gasteiger partial charge in [-0.05, 0) is 81.9 Å². The molecule has 1 amide bonds. The molecule has 0 spiro atoms. The van der Waals surface area contributed by atoms with Gasteiger partial charge < -0.3 is 21.7 Å². The molecule has 174 valence electrons. The fraction of sp³-hybridized carbons (Fsp3) is 0.407. The first-order valence-electron chi connectivity index (χ1n) is 12.2. The van der Waals surface area contributed by atoms with E-state index in [1.54, 1.807) is 0 Å². The molecule has 1 fully saturated rings. The number of hydrogen-bond acceptors (Lipinski definition) is 5. The number of anilines is 1. The number of aromatic nitrogens is 1. The second-order valence-corrected chi connectivity index (χ2v) is 8.83. The topological polar surface area (TPSA) is 92.1 Å². The van der Waals surface area contributed by atoms with Crippen molar-refractivity contribution in [2.75, 3.05) is 38.0 Å². The Kier molecular flexibility index (Phi) is 8.28. The molecule has 1 saturated heterocycles. The van der Waals surface area contributed by atoms with E-state index in [1.165, 1.54) is 25.8 Å². The van der Waals surface area contributed by atoms with Crippen LogP contribution in [0.1, 0.15) is 42.5 Å². The summed E-state index contributed by atoms with van der Waals surface area (Å²) in [4.78, 5) is 17.2. The zero-order valence-electron chi connectivity index (χ0n) is 19.3. The van der Waals surface area contributed by atoms with Gasteiger partial charge in [-0.3, -0.25) is 4.79 Å². The van der Waals surface area contributed by atoms with Crippen molar-refractivity contribution in [2.24, 2.45) is 11.7 Å². The molecule has 1 unspecified atom stereocenters. The summed E-state index contributed by atoms with van der Waals surface area (Å²) in [6.07, 6.45) is 5.83. The van der Waals surface area contributed by atoms with E-state index >= 15 is 0 Å². The van der Waals surface area contributed by atoms with Gasteiger partial charge in [0, 0.05) is 35.3 Å². The van der Waals surface area contributed by atoms with Crippen molar-refractivity contribution in [1.29, 1.82) is 0 Å². The van der Waals surface area contributed by atoms with Crippen LogP contribution < -0.4 is 21.7 Å². The second kappa shape index (κ2) is 11.8. The van der Waals surface area contributed by atoms with Crippen LogP contribution in [0, 0.1) is 5.92 Å². The van der Waals surface area contributed by atoms with E-state index in [0.29, 0.717) is 18.7 Å². The van der Waals surface area contributed by atoms with Crippen molar-refractivity contribution in [3.8, 4) is 11.3 Å². The molecule has 1 atom stereocenters. The Labute approximate surface area is 196 Å². The molecular weight excluding hydrogens is 410 g/mol. The Morgan fingerprint density at radius 2 is 1.94 bits per heavy atom. The summed E-state index contributed by atoms with van der Waals surface area (Å²) in [6.45, 7) is 4.44. The van der Waals surface area contributed by atoms with E-state index in [4.69, 9.17) is 10.7 Å². The third-order valence-electron chi connectivity index (χ3n) is 6.33. The molecule has 0 radical (unpaired) electrons. The molecule has 1 aliphatic heterocycles. The summed E-state index contributed by atoms with van der Waals surface area (Å²) >= 11 is 0. The molecule has 6 heteroatoms. The summed E-state index contributed by atoms with van der Waals surface area (Å²) in [7, 11) is 0. The minimum absolute atomic E-state index is 0.0722. The maximum absolute atomic E-state index is 12.3. The molecule has 0 aliphatic carbocycles. The van der Waals surface area contributed by atoms with Crippen LogP contribution in [0.15, 0.2) is 54.6 Å². The second-order valence-electron chi connectivity index (χ2n) is 8.83. The lowest BCUT2D eigenvalue weighted by Gasteiger charge is -2.22. The van der Waals surface area contributed by atoms with E-state index in [1.807, 2.05) is 30.3 Å². The summed E-state index contributed by atoms with van der Waals surface area (Å²) in [5.41, 5.74) is 10.1. The van der Waals surface area contributed by atoms with Crippen LogP contribution in [0.25, 0.3) is 22.2 Å². The van der Waals surface area contributed by atoms with Crippen LogP contribution in [0.4, 0.5) is 5.69 Å². The highest BCUT2D eigenvalue weighted by Gasteiger charge is 2.13. The van der Waals surface area contributed by atoms with Gasteiger partial charge in [0.1, 0.15) is 0 Å². The number of nitrogens with one attached hydrogen (secondary N) is 3. The van der Waals surface area contributed by atoms with Gasteiger partial charge in [0.25, 0.3) is 5.91 Å². The Bertz CT molecular complexity index is 1040. The highest BCUT2D eigenvalue weighted by molar-refractivity contribution is 5.96. The van der Waals surface area contributed by atoms with Crippen molar-refractivity contribution in [3.05, 3.63) is 60.2 Å². The van der Waals surface area contributed by atoms with Gasteiger partial charge in [0.05, 0.1) is 11.2 Å². The third-order valence-corrected chi connectivity index (χ3v) is 6.33. The minimum atomic E-state index is -0.0722. The summed E-state index contributed by atoms with van der Waals surface area (Å²) in [5.74, 6) is 0.730. The van der Waals surface area contributed by atoms with Crippen LogP contribution in [0.5, 0.6) is 0 Å². The van der Waals surface area contributed by atoms with E-state index in [0.717, 1.165) is 59.7 Å². The lowest BCUT2D eigenvalue weighted by Crippen LogP contribution is -2.29. The third kappa shape index (κ3) is 6.30. The van der Waals surface area contributed by atoms with Gasteiger partial charge in [-0.2, -0.15) is 0 Å². The summed E-state index contributed by atoms with van der Waals surface area (Å²) in [6, 6.07) is 18.0. The predicted molar refractivity (Wildman–Crippen MR) is 137 cm³/mol. The first-order valence-corrected chi connectivity index (χ1v) is 12.2. The number of benzene rings is 2. The van der Waals surface area contributed by atoms with Crippen LogP contribution >= 0.6 is 0 Å². The smallest absolute Gasteiger partial charge is 0.251 e. The van der Waals surface area contributed by atoms with Crippen LogP contribution in [-0.2, 0) is 0 Å². The maximum Gasteiger partial charge on any atom is 0.251 e. The van der Waals surface area contributed by atoms with E-state index in [9.17, 15) is 4.79 Å². The lowest BCUT2D eigenvalue weighted by molar-refractivity contribution is 0.0953. The Morgan fingerprint density at radius 3 is 2.73 bits per heavy atom. The van der Waals surface area contributed by atoms with Gasteiger partial charge in [-0.1, -0.05) is 30.3 Å². The lowest BCUT2D eigenvalue weighted by atomic mass is 9.95. The first kappa shape index (κ1) is 23.2. The Hall–Kier alpha value is -2.96. The number of carbonyl (C=O) groups is 1. The maximum atomic E-state index is 12.3. The molecule has 1 aromatic heterocycles. The van der Waals surface area contributed by atoms with Gasteiger partial charge in [0.2, 0.25) is 0 Å². The predicted octanol–water partition coefficient (Wildman–Crippen LogP) is 4.17. The molecule has 2 heterocycles. The van der Waals surface area contributed by atoms with Gasteiger partial charge in [-0.15, -0.1) is 0 Å². The van der Waals surface area contributed by atoms with Crippen molar-refractivity contribution in [3.63, 3.8) is 0 Å². The molecule has 4 rings (SSSR count). The van der Waals surface area contributed by atoms with Gasteiger partial charge in [0.15, 0.2) is 0 Å². The molecule has 6 nitrogen and oxygen atoms in total. The van der Waals surface area contributed by atoms with Crippen molar-refractivity contribution in [2.45, 2.75) is 32.1 Å². The van der Waals surface area contributed by atoms with Crippen molar-refractivity contribution in [1.82, 2.24) is 15.6 Å². The largest absolute Gasteiger partial charge is 0.384 e. The number of pyridine rings is 1. The number of amides is 1.